The smallest absolute Gasteiger partial charge is 0.243 e. The van der Waals surface area contributed by atoms with Crippen molar-refractivity contribution in [3.8, 4) is 10.6 Å². The van der Waals surface area contributed by atoms with Crippen LogP contribution in [0.5, 0.6) is 0 Å². The lowest BCUT2D eigenvalue weighted by Crippen LogP contribution is -2.24. The van der Waals surface area contributed by atoms with Crippen molar-refractivity contribution >= 4 is 17.2 Å². The average Bonchev–Trinajstić information content (AvgIpc) is 3.32. The molecule has 0 unspecified atom stereocenters. The van der Waals surface area contributed by atoms with Crippen LogP contribution in [0.15, 0.2) is 52.7 Å². The standard InChI is InChI=1S/C18H19N3O3S/c22-17(21-24-12-2-4-16-3-1-11-23-16)6-5-15-13-25-18(20-15)14-7-9-19-10-8-14/h1,3,7-11,13H,2,4-6,12H2,(H,21,22). The molecular formula is C18H19N3O3S. The molecule has 25 heavy (non-hydrogen) atoms. The number of pyridine rings is 1. The van der Waals surface area contributed by atoms with E-state index < -0.39 is 0 Å². The zero-order chi connectivity index (χ0) is 17.3. The van der Waals surface area contributed by atoms with E-state index >= 15 is 0 Å². The van der Waals surface area contributed by atoms with Crippen LogP contribution in [-0.2, 0) is 22.5 Å². The molecule has 0 saturated carbocycles. The largest absolute Gasteiger partial charge is 0.469 e. The maximum atomic E-state index is 11.8. The van der Waals surface area contributed by atoms with Crippen LogP contribution >= 0.6 is 11.3 Å². The fourth-order valence-corrected chi connectivity index (χ4v) is 3.11. The molecule has 0 saturated heterocycles. The van der Waals surface area contributed by atoms with Crippen LogP contribution in [-0.4, -0.2) is 22.5 Å². The molecule has 0 radical (unpaired) electrons. The summed E-state index contributed by atoms with van der Waals surface area (Å²) in [4.78, 5) is 25.5. The molecular weight excluding hydrogens is 338 g/mol. The van der Waals surface area contributed by atoms with Crippen molar-refractivity contribution < 1.29 is 14.0 Å². The van der Waals surface area contributed by atoms with E-state index in [2.05, 4.69) is 15.4 Å². The van der Waals surface area contributed by atoms with Crippen molar-refractivity contribution in [2.45, 2.75) is 25.7 Å². The first-order valence-electron chi connectivity index (χ1n) is 8.09. The summed E-state index contributed by atoms with van der Waals surface area (Å²) in [5, 5.41) is 2.92. The van der Waals surface area contributed by atoms with Gasteiger partial charge in [0.15, 0.2) is 0 Å². The van der Waals surface area contributed by atoms with Gasteiger partial charge in [-0.2, -0.15) is 0 Å². The number of carbonyl (C=O) groups excluding carboxylic acids is 1. The third-order valence-electron chi connectivity index (χ3n) is 3.52. The van der Waals surface area contributed by atoms with Gasteiger partial charge < -0.3 is 4.42 Å². The first-order chi connectivity index (χ1) is 12.3. The average molecular weight is 357 g/mol. The fraction of sp³-hybridized carbons (Fsp3) is 0.278. The van der Waals surface area contributed by atoms with E-state index in [9.17, 15) is 4.79 Å². The van der Waals surface area contributed by atoms with Crippen molar-refractivity contribution in [1.82, 2.24) is 15.4 Å². The zero-order valence-electron chi connectivity index (χ0n) is 13.7. The summed E-state index contributed by atoms with van der Waals surface area (Å²) in [5.41, 5.74) is 4.41. The molecule has 1 N–H and O–H groups in total. The number of hydroxylamine groups is 1. The highest BCUT2D eigenvalue weighted by molar-refractivity contribution is 7.13. The third kappa shape index (κ3) is 5.51. The third-order valence-corrected chi connectivity index (χ3v) is 4.46. The Morgan fingerprint density at radius 1 is 1.24 bits per heavy atom. The SMILES string of the molecule is O=C(CCc1csc(-c2ccncc2)n1)NOCCCc1ccco1. The second-order valence-corrected chi connectivity index (χ2v) is 6.29. The van der Waals surface area contributed by atoms with Crippen molar-refractivity contribution in [1.29, 1.82) is 0 Å². The number of nitrogens with one attached hydrogen (secondary N) is 1. The van der Waals surface area contributed by atoms with Crippen molar-refractivity contribution in [3.63, 3.8) is 0 Å². The number of furan rings is 1. The van der Waals surface area contributed by atoms with Gasteiger partial charge in [0.05, 0.1) is 18.6 Å². The Morgan fingerprint density at radius 3 is 2.92 bits per heavy atom. The van der Waals surface area contributed by atoms with Crippen LogP contribution in [0, 0.1) is 0 Å². The number of rotatable bonds is 9. The normalized spacial score (nSPS) is 10.7. The highest BCUT2D eigenvalue weighted by Gasteiger charge is 2.07. The molecule has 0 bridgehead atoms. The van der Waals surface area contributed by atoms with Gasteiger partial charge in [0.25, 0.3) is 0 Å². The fourth-order valence-electron chi connectivity index (χ4n) is 2.25. The van der Waals surface area contributed by atoms with Gasteiger partial charge in [0.1, 0.15) is 10.8 Å². The van der Waals surface area contributed by atoms with Crippen molar-refractivity contribution in [2.24, 2.45) is 0 Å². The summed E-state index contributed by atoms with van der Waals surface area (Å²) in [6.45, 7) is 0.454. The molecule has 3 aromatic rings. The summed E-state index contributed by atoms with van der Waals surface area (Å²) in [5.74, 6) is 0.778. The van der Waals surface area contributed by atoms with E-state index in [1.807, 2.05) is 29.6 Å². The van der Waals surface area contributed by atoms with Gasteiger partial charge in [0.2, 0.25) is 5.91 Å². The van der Waals surface area contributed by atoms with Crippen LogP contribution in [0.25, 0.3) is 10.6 Å². The Bertz CT molecular complexity index is 772. The van der Waals surface area contributed by atoms with Crippen LogP contribution < -0.4 is 5.48 Å². The Balaban J connectivity index is 1.33. The highest BCUT2D eigenvalue weighted by Crippen LogP contribution is 2.23. The lowest BCUT2D eigenvalue weighted by molar-refractivity contribution is -0.133. The van der Waals surface area contributed by atoms with E-state index in [-0.39, 0.29) is 5.91 Å². The van der Waals surface area contributed by atoms with Crippen LogP contribution in [0.4, 0.5) is 0 Å². The van der Waals surface area contributed by atoms with E-state index in [0.717, 1.165) is 34.9 Å². The van der Waals surface area contributed by atoms with Gasteiger partial charge in [-0.15, -0.1) is 11.3 Å². The minimum absolute atomic E-state index is 0.142. The molecule has 0 aromatic carbocycles. The Kier molecular flexibility index (Phi) is 6.30. The molecule has 0 spiro atoms. The Labute approximate surface area is 149 Å². The van der Waals surface area contributed by atoms with Crippen molar-refractivity contribution in [2.75, 3.05) is 6.61 Å². The summed E-state index contributed by atoms with van der Waals surface area (Å²) in [6.07, 6.45) is 7.65. The second-order valence-electron chi connectivity index (χ2n) is 5.44. The van der Waals surface area contributed by atoms with Crippen LogP contribution in [0.1, 0.15) is 24.3 Å². The highest BCUT2D eigenvalue weighted by atomic mass is 32.1. The first-order valence-corrected chi connectivity index (χ1v) is 8.97. The molecule has 0 aliphatic rings. The van der Waals surface area contributed by atoms with Crippen LogP contribution in [0.3, 0.4) is 0 Å². The molecule has 0 atom stereocenters. The van der Waals surface area contributed by atoms with E-state index in [1.165, 1.54) is 0 Å². The number of hydrogen-bond acceptors (Lipinski definition) is 6. The molecule has 7 heteroatoms. The quantitative estimate of drug-likeness (QED) is 0.469. The molecule has 130 valence electrons. The van der Waals surface area contributed by atoms with Gasteiger partial charge in [-0.25, -0.2) is 10.5 Å². The van der Waals surface area contributed by atoms with Gasteiger partial charge in [-0.05, 0) is 37.1 Å². The number of amides is 1. The minimum atomic E-state index is -0.142. The van der Waals surface area contributed by atoms with E-state index in [1.54, 1.807) is 30.0 Å². The molecule has 3 aromatic heterocycles. The van der Waals surface area contributed by atoms with Crippen LogP contribution in [0.2, 0.25) is 0 Å². The number of nitrogens with zero attached hydrogens (tertiary/aromatic N) is 2. The second kappa shape index (κ2) is 9.10. The molecule has 3 heterocycles. The van der Waals surface area contributed by atoms with Gasteiger partial charge >= 0.3 is 0 Å². The molecule has 0 aliphatic carbocycles. The number of aryl methyl sites for hydroxylation is 2. The van der Waals surface area contributed by atoms with Crippen molar-refractivity contribution in [3.05, 3.63) is 59.8 Å². The molecule has 1 amide bonds. The van der Waals surface area contributed by atoms with E-state index in [0.29, 0.717) is 19.4 Å². The number of hydrogen-bond donors (Lipinski definition) is 1. The van der Waals surface area contributed by atoms with E-state index in [4.69, 9.17) is 9.25 Å². The molecule has 0 fully saturated rings. The monoisotopic (exact) mass is 357 g/mol. The Hall–Kier alpha value is -2.51. The Morgan fingerprint density at radius 2 is 2.12 bits per heavy atom. The molecule has 6 nitrogen and oxygen atoms in total. The topological polar surface area (TPSA) is 77.2 Å². The maximum Gasteiger partial charge on any atom is 0.243 e. The lowest BCUT2D eigenvalue weighted by atomic mass is 10.2. The summed E-state index contributed by atoms with van der Waals surface area (Å²) >= 11 is 1.57. The summed E-state index contributed by atoms with van der Waals surface area (Å²) < 4.78 is 5.23. The zero-order valence-corrected chi connectivity index (χ0v) is 14.5. The molecule has 3 rings (SSSR count). The first kappa shape index (κ1) is 17.3. The number of aromatic nitrogens is 2. The lowest BCUT2D eigenvalue weighted by Gasteiger charge is -2.04. The summed E-state index contributed by atoms with van der Waals surface area (Å²) in [6, 6.07) is 7.63. The predicted octanol–water partition coefficient (Wildman–Crippen LogP) is 3.41. The predicted molar refractivity (Wildman–Crippen MR) is 94.8 cm³/mol. The number of thiazole rings is 1. The van der Waals surface area contributed by atoms with Gasteiger partial charge in [-0.3, -0.25) is 14.6 Å². The van der Waals surface area contributed by atoms with Gasteiger partial charge in [-0.1, -0.05) is 0 Å². The van der Waals surface area contributed by atoms with Gasteiger partial charge in [0, 0.05) is 36.2 Å². The molecule has 0 aliphatic heterocycles. The maximum absolute atomic E-state index is 11.8. The number of carbonyl (C=O) groups is 1. The summed E-state index contributed by atoms with van der Waals surface area (Å²) in [7, 11) is 0. The minimum Gasteiger partial charge on any atom is -0.469 e.